The van der Waals surface area contributed by atoms with Crippen molar-refractivity contribution in [3.05, 3.63) is 0 Å². The number of rotatable bonds is 4. The highest BCUT2D eigenvalue weighted by molar-refractivity contribution is 5.77. The number of likely N-dealkylation sites (tertiary alicyclic amines) is 1. The predicted octanol–water partition coefficient (Wildman–Crippen LogP) is 2.30. The number of carbonyl (C=O) groups is 2. The van der Waals surface area contributed by atoms with Gasteiger partial charge in [0.05, 0.1) is 0 Å². The zero-order chi connectivity index (χ0) is 17.7. The van der Waals surface area contributed by atoms with Crippen LogP contribution in [0.15, 0.2) is 0 Å². The lowest BCUT2D eigenvalue weighted by Crippen LogP contribution is -2.45. The van der Waals surface area contributed by atoms with Gasteiger partial charge in [-0.3, -0.25) is 4.79 Å². The fourth-order valence-electron chi connectivity index (χ4n) is 3.57. The molecule has 1 aliphatic heterocycles. The summed E-state index contributed by atoms with van der Waals surface area (Å²) in [5, 5.41) is 12.1. The van der Waals surface area contributed by atoms with Gasteiger partial charge >= 0.3 is 6.09 Å². The average Bonchev–Trinajstić information content (AvgIpc) is 2.49. The first kappa shape index (κ1) is 19.0. The highest BCUT2D eigenvalue weighted by Crippen LogP contribution is 2.27. The quantitative estimate of drug-likeness (QED) is 0.823. The van der Waals surface area contributed by atoms with Gasteiger partial charge in [-0.1, -0.05) is 0 Å². The number of aliphatic hydroxyl groups is 1. The van der Waals surface area contributed by atoms with Crippen LogP contribution in [0.3, 0.4) is 0 Å². The van der Waals surface area contributed by atoms with Crippen molar-refractivity contribution in [1.29, 1.82) is 0 Å². The number of amides is 2. The van der Waals surface area contributed by atoms with Gasteiger partial charge in [-0.15, -0.1) is 0 Å². The molecule has 24 heavy (non-hydrogen) atoms. The summed E-state index contributed by atoms with van der Waals surface area (Å²) in [6.45, 7) is 7.28. The average molecular weight is 340 g/mol. The molecule has 2 amide bonds. The van der Waals surface area contributed by atoms with Gasteiger partial charge in [-0.05, 0) is 64.7 Å². The number of ether oxygens (including phenoxy) is 1. The van der Waals surface area contributed by atoms with Gasteiger partial charge in [0.1, 0.15) is 5.60 Å². The fraction of sp³-hybridized carbons (Fsp3) is 0.889. The number of alkyl carbamates (subject to hydrolysis) is 1. The number of nitrogens with zero attached hydrogens (tertiary/aromatic N) is 1. The molecule has 0 aromatic carbocycles. The Balaban J connectivity index is 1.69. The Hall–Kier alpha value is -1.30. The smallest absolute Gasteiger partial charge is 0.407 e. The molecule has 6 nitrogen and oxygen atoms in total. The summed E-state index contributed by atoms with van der Waals surface area (Å²) in [6.07, 6.45) is 4.95. The highest BCUT2D eigenvalue weighted by Gasteiger charge is 2.30. The Morgan fingerprint density at radius 2 is 1.88 bits per heavy atom. The van der Waals surface area contributed by atoms with E-state index < -0.39 is 5.60 Å². The normalized spacial score (nSPS) is 28.6. The van der Waals surface area contributed by atoms with Gasteiger partial charge in [0.25, 0.3) is 0 Å². The molecule has 1 saturated heterocycles. The molecule has 1 heterocycles. The monoisotopic (exact) mass is 340 g/mol. The summed E-state index contributed by atoms with van der Waals surface area (Å²) in [5.41, 5.74) is -0.470. The molecule has 138 valence electrons. The summed E-state index contributed by atoms with van der Waals surface area (Å²) in [6, 6.07) is 0.173. The molecular weight excluding hydrogens is 308 g/mol. The van der Waals surface area contributed by atoms with Crippen molar-refractivity contribution in [1.82, 2.24) is 10.2 Å². The first-order chi connectivity index (χ1) is 11.3. The minimum Gasteiger partial charge on any atom is -0.444 e. The summed E-state index contributed by atoms with van der Waals surface area (Å²) in [7, 11) is 0. The molecule has 2 aliphatic rings. The molecule has 2 fully saturated rings. The van der Waals surface area contributed by atoms with Crippen LogP contribution in [0, 0.1) is 11.8 Å². The summed E-state index contributed by atoms with van der Waals surface area (Å²) in [4.78, 5) is 25.9. The zero-order valence-corrected chi connectivity index (χ0v) is 15.2. The maximum absolute atomic E-state index is 12.1. The summed E-state index contributed by atoms with van der Waals surface area (Å²) < 4.78 is 5.30. The van der Waals surface area contributed by atoms with E-state index in [4.69, 9.17) is 4.74 Å². The highest BCUT2D eigenvalue weighted by atomic mass is 16.6. The molecule has 0 aromatic rings. The number of piperidine rings is 1. The van der Waals surface area contributed by atoms with Crippen LogP contribution in [-0.2, 0) is 9.53 Å². The maximum atomic E-state index is 12.1. The lowest BCUT2D eigenvalue weighted by atomic mass is 9.85. The molecule has 0 aromatic heterocycles. The molecule has 1 saturated carbocycles. The maximum Gasteiger partial charge on any atom is 0.407 e. The Kier molecular flexibility index (Phi) is 6.49. The molecule has 0 radical (unpaired) electrons. The van der Waals surface area contributed by atoms with E-state index in [1.165, 1.54) is 0 Å². The van der Waals surface area contributed by atoms with Crippen LogP contribution in [0.1, 0.15) is 59.3 Å². The van der Waals surface area contributed by atoms with Gasteiger partial charge in [0.2, 0.25) is 5.91 Å². The van der Waals surface area contributed by atoms with E-state index in [1.54, 1.807) is 0 Å². The number of hydrogen-bond acceptors (Lipinski definition) is 4. The van der Waals surface area contributed by atoms with E-state index in [9.17, 15) is 14.7 Å². The van der Waals surface area contributed by atoms with E-state index in [0.29, 0.717) is 12.3 Å². The second kappa shape index (κ2) is 8.19. The standard InChI is InChI=1S/C18H32N2O4/c1-18(2,3)24-17(23)19-15-6-4-13(5-7-15)11-20-9-8-14(12-21)10-16(20)22/h13-15,21H,4-12H2,1-3H3,(H,19,23). The van der Waals surface area contributed by atoms with Crippen molar-refractivity contribution >= 4 is 12.0 Å². The van der Waals surface area contributed by atoms with Gasteiger partial charge in [-0.25, -0.2) is 4.79 Å². The third-order valence-electron chi connectivity index (χ3n) is 4.93. The van der Waals surface area contributed by atoms with Crippen LogP contribution in [0.2, 0.25) is 0 Å². The van der Waals surface area contributed by atoms with E-state index in [1.807, 2.05) is 25.7 Å². The third kappa shape index (κ3) is 5.96. The SMILES string of the molecule is CC(C)(C)OC(=O)NC1CCC(CN2CCC(CO)CC2=O)CC1. The number of nitrogens with one attached hydrogen (secondary N) is 1. The van der Waals surface area contributed by atoms with Crippen molar-refractivity contribution in [2.75, 3.05) is 19.7 Å². The van der Waals surface area contributed by atoms with Crippen molar-refractivity contribution in [2.45, 2.75) is 70.9 Å². The fourth-order valence-corrected chi connectivity index (χ4v) is 3.57. The Labute approximate surface area is 144 Å². The lowest BCUT2D eigenvalue weighted by molar-refractivity contribution is -0.136. The van der Waals surface area contributed by atoms with E-state index in [2.05, 4.69) is 5.32 Å². The van der Waals surface area contributed by atoms with Crippen LogP contribution >= 0.6 is 0 Å². The molecule has 2 N–H and O–H groups in total. The van der Waals surface area contributed by atoms with Crippen molar-refractivity contribution in [3.63, 3.8) is 0 Å². The van der Waals surface area contributed by atoms with Gasteiger partial charge in [-0.2, -0.15) is 0 Å². The molecule has 1 aliphatic carbocycles. The van der Waals surface area contributed by atoms with E-state index in [-0.39, 0.29) is 30.6 Å². The Morgan fingerprint density at radius 3 is 2.42 bits per heavy atom. The van der Waals surface area contributed by atoms with E-state index in [0.717, 1.165) is 45.2 Å². The minimum absolute atomic E-state index is 0.112. The van der Waals surface area contributed by atoms with E-state index >= 15 is 0 Å². The van der Waals surface area contributed by atoms with Gasteiger partial charge in [0, 0.05) is 32.2 Å². The topological polar surface area (TPSA) is 78.9 Å². The van der Waals surface area contributed by atoms with Crippen LogP contribution in [0.4, 0.5) is 4.79 Å². The number of hydrogen-bond donors (Lipinski definition) is 2. The third-order valence-corrected chi connectivity index (χ3v) is 4.93. The second-order valence-corrected chi connectivity index (χ2v) is 8.25. The van der Waals surface area contributed by atoms with Gasteiger partial charge in [0.15, 0.2) is 0 Å². The second-order valence-electron chi connectivity index (χ2n) is 8.25. The molecule has 1 unspecified atom stereocenters. The number of aliphatic hydroxyl groups excluding tert-OH is 1. The van der Waals surface area contributed by atoms with Crippen molar-refractivity contribution < 1.29 is 19.4 Å². The van der Waals surface area contributed by atoms with Gasteiger partial charge < -0.3 is 20.1 Å². The molecule has 2 rings (SSSR count). The van der Waals surface area contributed by atoms with Crippen molar-refractivity contribution in [2.24, 2.45) is 11.8 Å². The van der Waals surface area contributed by atoms with Crippen LogP contribution < -0.4 is 5.32 Å². The number of carbonyl (C=O) groups excluding carboxylic acids is 2. The summed E-state index contributed by atoms with van der Waals surface area (Å²) in [5.74, 6) is 0.827. The molecule has 6 heteroatoms. The predicted molar refractivity (Wildman–Crippen MR) is 91.5 cm³/mol. The van der Waals surface area contributed by atoms with Crippen molar-refractivity contribution in [3.8, 4) is 0 Å². The molecule has 0 spiro atoms. The first-order valence-electron chi connectivity index (χ1n) is 9.15. The van der Waals surface area contributed by atoms with Crippen LogP contribution in [0.5, 0.6) is 0 Å². The molecular formula is C18H32N2O4. The first-order valence-corrected chi connectivity index (χ1v) is 9.15. The Morgan fingerprint density at radius 1 is 1.21 bits per heavy atom. The molecule has 0 bridgehead atoms. The minimum atomic E-state index is -0.470. The van der Waals surface area contributed by atoms with Crippen LogP contribution in [-0.4, -0.2) is 53.3 Å². The molecule has 1 atom stereocenters. The lowest BCUT2D eigenvalue weighted by Gasteiger charge is -2.36. The zero-order valence-electron chi connectivity index (χ0n) is 15.2. The van der Waals surface area contributed by atoms with Crippen LogP contribution in [0.25, 0.3) is 0 Å². The largest absolute Gasteiger partial charge is 0.444 e. The summed E-state index contributed by atoms with van der Waals surface area (Å²) >= 11 is 0. The Bertz CT molecular complexity index is 439.